The average molecular weight is 339 g/mol. The molecule has 21 heavy (non-hydrogen) atoms. The highest BCUT2D eigenvalue weighted by atomic mass is 35.5. The molecule has 0 amide bonds. The number of halogens is 2. The molecule has 0 aliphatic heterocycles. The summed E-state index contributed by atoms with van der Waals surface area (Å²) in [6.45, 7) is 1.52. The first-order valence-corrected chi connectivity index (χ1v) is 7.26. The molecule has 2 aromatic carbocycles. The molecule has 2 rings (SSSR count). The van der Waals surface area contributed by atoms with Crippen LogP contribution in [0.4, 0.5) is 11.4 Å². The van der Waals surface area contributed by atoms with Crippen LogP contribution in [0.2, 0.25) is 10.0 Å². The number of anilines is 2. The van der Waals surface area contributed by atoms with Crippen molar-refractivity contribution in [1.29, 1.82) is 0 Å². The van der Waals surface area contributed by atoms with Gasteiger partial charge in [-0.25, -0.2) is 0 Å². The van der Waals surface area contributed by atoms with E-state index in [-0.39, 0.29) is 5.78 Å². The largest absolute Gasteiger partial charge is 0.332 e. The van der Waals surface area contributed by atoms with Crippen molar-refractivity contribution in [3.05, 3.63) is 58.1 Å². The van der Waals surface area contributed by atoms with Gasteiger partial charge in [0.05, 0.1) is 10.7 Å². The van der Waals surface area contributed by atoms with Crippen molar-refractivity contribution in [2.45, 2.75) is 6.92 Å². The van der Waals surface area contributed by atoms with Gasteiger partial charge in [0, 0.05) is 16.3 Å². The molecule has 108 valence electrons. The molecule has 2 aromatic rings. The summed E-state index contributed by atoms with van der Waals surface area (Å²) < 4.78 is 0. The second-order valence-electron chi connectivity index (χ2n) is 4.34. The summed E-state index contributed by atoms with van der Waals surface area (Å²) in [5, 5.41) is 7.39. The first-order valence-electron chi connectivity index (χ1n) is 6.10. The number of Topliss-reactive ketones (excluding diaryl/α,β-unsaturated/α-hetero) is 1. The number of carbonyl (C=O) groups is 1. The Morgan fingerprint density at radius 3 is 2.52 bits per heavy atom. The number of benzene rings is 2. The van der Waals surface area contributed by atoms with E-state index in [0.29, 0.717) is 26.4 Å². The number of rotatable bonds is 3. The summed E-state index contributed by atoms with van der Waals surface area (Å²) in [5.41, 5.74) is 2.00. The molecular weight excluding hydrogens is 327 g/mol. The smallest absolute Gasteiger partial charge is 0.175 e. The summed E-state index contributed by atoms with van der Waals surface area (Å²) in [6, 6.07) is 12.2. The highest BCUT2D eigenvalue weighted by Crippen LogP contribution is 2.25. The molecule has 3 nitrogen and oxygen atoms in total. The molecule has 0 aliphatic carbocycles. The lowest BCUT2D eigenvalue weighted by Gasteiger charge is -2.12. The van der Waals surface area contributed by atoms with Gasteiger partial charge >= 0.3 is 0 Å². The zero-order valence-corrected chi connectivity index (χ0v) is 13.4. The average Bonchev–Trinajstić information content (AvgIpc) is 2.42. The Kier molecular flexibility index (Phi) is 5.17. The molecule has 0 saturated carbocycles. The molecule has 0 fully saturated rings. The van der Waals surface area contributed by atoms with E-state index in [1.807, 2.05) is 6.07 Å². The Morgan fingerprint density at radius 1 is 1.10 bits per heavy atom. The van der Waals surface area contributed by atoms with Crippen molar-refractivity contribution in [1.82, 2.24) is 0 Å². The first kappa shape index (κ1) is 15.8. The number of thiocarbonyl (C=S) groups is 1. The Morgan fingerprint density at radius 2 is 1.86 bits per heavy atom. The van der Waals surface area contributed by atoms with Gasteiger partial charge in [-0.1, -0.05) is 35.3 Å². The second-order valence-corrected chi connectivity index (χ2v) is 5.59. The van der Waals surface area contributed by atoms with E-state index in [4.69, 9.17) is 35.4 Å². The van der Waals surface area contributed by atoms with Crippen LogP contribution >= 0.6 is 35.4 Å². The van der Waals surface area contributed by atoms with E-state index in [9.17, 15) is 4.79 Å². The molecule has 0 aromatic heterocycles. The van der Waals surface area contributed by atoms with Gasteiger partial charge in [-0.15, -0.1) is 0 Å². The molecule has 0 saturated heterocycles. The van der Waals surface area contributed by atoms with Crippen LogP contribution in [0.1, 0.15) is 17.3 Å². The van der Waals surface area contributed by atoms with Crippen molar-refractivity contribution in [2.24, 2.45) is 0 Å². The van der Waals surface area contributed by atoms with Crippen molar-refractivity contribution in [2.75, 3.05) is 10.6 Å². The molecule has 0 radical (unpaired) electrons. The molecule has 0 bridgehead atoms. The van der Waals surface area contributed by atoms with Gasteiger partial charge in [-0.3, -0.25) is 4.79 Å². The minimum atomic E-state index is -0.00160. The molecular formula is C15H12Cl2N2OS. The zero-order chi connectivity index (χ0) is 15.4. The first-order chi connectivity index (χ1) is 9.95. The van der Waals surface area contributed by atoms with Gasteiger partial charge in [0.15, 0.2) is 10.9 Å². The third kappa shape index (κ3) is 4.43. The second kappa shape index (κ2) is 6.89. The summed E-state index contributed by atoms with van der Waals surface area (Å²) >= 11 is 17.1. The van der Waals surface area contributed by atoms with Gasteiger partial charge in [0.25, 0.3) is 0 Å². The number of hydrogen-bond acceptors (Lipinski definition) is 2. The van der Waals surface area contributed by atoms with Crippen molar-refractivity contribution in [3.63, 3.8) is 0 Å². The Balaban J connectivity index is 2.08. The Labute approximate surface area is 138 Å². The number of hydrogen-bond donors (Lipinski definition) is 2. The summed E-state index contributed by atoms with van der Waals surface area (Å²) in [7, 11) is 0. The number of ketones is 1. The molecule has 0 spiro atoms. The van der Waals surface area contributed by atoms with E-state index in [0.717, 1.165) is 5.69 Å². The van der Waals surface area contributed by atoms with Gasteiger partial charge in [0.1, 0.15) is 0 Å². The monoisotopic (exact) mass is 338 g/mol. The topological polar surface area (TPSA) is 41.1 Å². The van der Waals surface area contributed by atoms with E-state index < -0.39 is 0 Å². The minimum absolute atomic E-state index is 0.00160. The standard InChI is InChI=1S/C15H12Cl2N2OS/c1-9(20)10-3-2-4-12(7-10)18-15(21)19-14-6-5-11(16)8-13(14)17/h2-8H,1H3,(H2,18,19,21). The number of carbonyl (C=O) groups excluding carboxylic acids is 1. The Bertz CT molecular complexity index is 704. The SMILES string of the molecule is CC(=O)c1cccc(NC(=S)Nc2ccc(Cl)cc2Cl)c1. The van der Waals surface area contributed by atoms with Gasteiger partial charge in [-0.05, 0) is 49.5 Å². The molecule has 0 unspecified atom stereocenters. The third-order valence-corrected chi connectivity index (χ3v) is 3.46. The maximum Gasteiger partial charge on any atom is 0.175 e. The van der Waals surface area contributed by atoms with Gasteiger partial charge in [-0.2, -0.15) is 0 Å². The summed E-state index contributed by atoms with van der Waals surface area (Å²) in [5.74, 6) is -0.00160. The minimum Gasteiger partial charge on any atom is -0.332 e. The molecule has 6 heteroatoms. The maximum atomic E-state index is 11.3. The van der Waals surface area contributed by atoms with Gasteiger partial charge in [0.2, 0.25) is 0 Å². The summed E-state index contributed by atoms with van der Waals surface area (Å²) in [4.78, 5) is 11.3. The van der Waals surface area contributed by atoms with Crippen LogP contribution < -0.4 is 10.6 Å². The fraction of sp³-hybridized carbons (Fsp3) is 0.0667. The van der Waals surface area contributed by atoms with Crippen LogP contribution in [0.25, 0.3) is 0 Å². The van der Waals surface area contributed by atoms with Crippen molar-refractivity contribution >= 4 is 57.7 Å². The number of nitrogens with one attached hydrogen (secondary N) is 2. The zero-order valence-electron chi connectivity index (χ0n) is 11.1. The van der Waals surface area contributed by atoms with E-state index >= 15 is 0 Å². The van der Waals surface area contributed by atoms with Crippen LogP contribution in [0.15, 0.2) is 42.5 Å². The van der Waals surface area contributed by atoms with Gasteiger partial charge < -0.3 is 10.6 Å². The van der Waals surface area contributed by atoms with E-state index in [2.05, 4.69) is 10.6 Å². The van der Waals surface area contributed by atoms with Crippen LogP contribution in [0.5, 0.6) is 0 Å². The van der Waals surface area contributed by atoms with E-state index in [1.54, 1.807) is 36.4 Å². The fourth-order valence-electron chi connectivity index (χ4n) is 1.69. The third-order valence-electron chi connectivity index (χ3n) is 2.71. The lowest BCUT2D eigenvalue weighted by atomic mass is 10.1. The maximum absolute atomic E-state index is 11.3. The quantitative estimate of drug-likeness (QED) is 0.610. The lowest BCUT2D eigenvalue weighted by Crippen LogP contribution is -2.19. The molecule has 0 atom stereocenters. The molecule has 0 heterocycles. The lowest BCUT2D eigenvalue weighted by molar-refractivity contribution is 0.101. The fourth-order valence-corrected chi connectivity index (χ4v) is 2.37. The van der Waals surface area contributed by atoms with Crippen LogP contribution in [-0.2, 0) is 0 Å². The van der Waals surface area contributed by atoms with Crippen LogP contribution in [0.3, 0.4) is 0 Å². The molecule has 0 aliphatic rings. The van der Waals surface area contributed by atoms with Crippen LogP contribution in [-0.4, -0.2) is 10.9 Å². The summed E-state index contributed by atoms with van der Waals surface area (Å²) in [6.07, 6.45) is 0. The normalized spacial score (nSPS) is 10.0. The van der Waals surface area contributed by atoms with Crippen molar-refractivity contribution in [3.8, 4) is 0 Å². The van der Waals surface area contributed by atoms with Crippen LogP contribution in [0, 0.1) is 0 Å². The molecule has 2 N–H and O–H groups in total. The van der Waals surface area contributed by atoms with Crippen molar-refractivity contribution < 1.29 is 4.79 Å². The highest BCUT2D eigenvalue weighted by Gasteiger charge is 2.05. The Hall–Kier alpha value is -1.62. The predicted octanol–water partition coefficient (Wildman–Crippen LogP) is 5.00. The highest BCUT2D eigenvalue weighted by molar-refractivity contribution is 7.80. The van der Waals surface area contributed by atoms with E-state index in [1.165, 1.54) is 6.92 Å². The predicted molar refractivity (Wildman–Crippen MR) is 92.8 cm³/mol.